The van der Waals surface area contributed by atoms with E-state index < -0.39 is 23.8 Å². The highest BCUT2D eigenvalue weighted by molar-refractivity contribution is 6.01. The number of imide groups is 1. The number of hydrogen-bond acceptors (Lipinski definition) is 5. The summed E-state index contributed by atoms with van der Waals surface area (Å²) in [6.45, 7) is 5.66. The minimum absolute atomic E-state index is 0.0448. The van der Waals surface area contributed by atoms with Crippen LogP contribution in [0.25, 0.3) is 0 Å². The molecule has 1 atom stereocenters. The van der Waals surface area contributed by atoms with Gasteiger partial charge in [0.15, 0.2) is 0 Å². The molecule has 1 N–H and O–H groups in total. The molecule has 0 radical (unpaired) electrons. The third-order valence-electron chi connectivity index (χ3n) is 2.99. The van der Waals surface area contributed by atoms with Crippen molar-refractivity contribution in [2.24, 2.45) is 5.92 Å². The summed E-state index contributed by atoms with van der Waals surface area (Å²) in [5.74, 6) is -1.95. The van der Waals surface area contributed by atoms with Crippen LogP contribution in [0.15, 0.2) is 0 Å². The molecule has 3 amide bonds. The standard InChI is InChI=1S/C14H22N2O5/c1-4-5-11(17)15-10(8-9(2)3)14(20)21-16-12(18)6-7-13(16)19/h9-10H,4-8H2,1-3H3,(H,15,17)/t10-/m0/s1. The highest BCUT2D eigenvalue weighted by Crippen LogP contribution is 2.14. The molecule has 1 saturated heterocycles. The lowest BCUT2D eigenvalue weighted by Crippen LogP contribution is -2.45. The number of carbonyl (C=O) groups is 4. The topological polar surface area (TPSA) is 92.8 Å². The molecule has 0 unspecified atom stereocenters. The maximum atomic E-state index is 12.1. The summed E-state index contributed by atoms with van der Waals surface area (Å²) < 4.78 is 0. The molecule has 0 spiro atoms. The van der Waals surface area contributed by atoms with E-state index in [1.54, 1.807) is 0 Å². The Labute approximate surface area is 124 Å². The van der Waals surface area contributed by atoms with Crippen molar-refractivity contribution in [3.8, 4) is 0 Å². The molecule has 1 heterocycles. The summed E-state index contributed by atoms with van der Waals surface area (Å²) in [6.07, 6.45) is 1.44. The Morgan fingerprint density at radius 1 is 1.24 bits per heavy atom. The second-order valence-electron chi connectivity index (χ2n) is 5.49. The predicted octanol–water partition coefficient (Wildman–Crippen LogP) is 0.925. The van der Waals surface area contributed by atoms with Gasteiger partial charge < -0.3 is 10.2 Å². The van der Waals surface area contributed by atoms with Crippen LogP contribution in [-0.2, 0) is 24.0 Å². The molecule has 0 aromatic rings. The first-order valence-electron chi connectivity index (χ1n) is 7.22. The van der Waals surface area contributed by atoms with Crippen molar-refractivity contribution < 1.29 is 24.0 Å². The monoisotopic (exact) mass is 298 g/mol. The van der Waals surface area contributed by atoms with Gasteiger partial charge in [0.05, 0.1) is 0 Å². The number of carbonyl (C=O) groups excluding carboxylic acids is 4. The smallest absolute Gasteiger partial charge is 0.343 e. The Bertz CT molecular complexity index is 417. The summed E-state index contributed by atoms with van der Waals surface area (Å²) in [6, 6.07) is -0.856. The Morgan fingerprint density at radius 3 is 2.29 bits per heavy atom. The van der Waals surface area contributed by atoms with Gasteiger partial charge in [-0.15, -0.1) is 5.06 Å². The van der Waals surface area contributed by atoms with Crippen molar-refractivity contribution in [2.75, 3.05) is 0 Å². The zero-order chi connectivity index (χ0) is 16.0. The second-order valence-corrected chi connectivity index (χ2v) is 5.49. The van der Waals surface area contributed by atoms with Crippen LogP contribution in [0.4, 0.5) is 0 Å². The summed E-state index contributed by atoms with van der Waals surface area (Å²) in [5, 5.41) is 3.09. The number of amides is 3. The van der Waals surface area contributed by atoms with Gasteiger partial charge in [0.2, 0.25) is 5.91 Å². The fraction of sp³-hybridized carbons (Fsp3) is 0.714. The Kier molecular flexibility index (Phi) is 6.33. The van der Waals surface area contributed by atoms with E-state index in [1.807, 2.05) is 20.8 Å². The van der Waals surface area contributed by atoms with E-state index in [4.69, 9.17) is 4.84 Å². The first-order valence-corrected chi connectivity index (χ1v) is 7.22. The van der Waals surface area contributed by atoms with Gasteiger partial charge in [-0.05, 0) is 18.8 Å². The van der Waals surface area contributed by atoms with E-state index in [0.29, 0.717) is 24.3 Å². The van der Waals surface area contributed by atoms with Gasteiger partial charge in [0, 0.05) is 19.3 Å². The molecule has 1 aliphatic rings. The summed E-state index contributed by atoms with van der Waals surface area (Å²) in [7, 11) is 0. The summed E-state index contributed by atoms with van der Waals surface area (Å²) in [5.41, 5.74) is 0. The molecule has 7 nitrogen and oxygen atoms in total. The van der Waals surface area contributed by atoms with Gasteiger partial charge in [0.1, 0.15) is 6.04 Å². The van der Waals surface area contributed by atoms with Gasteiger partial charge in [-0.1, -0.05) is 20.8 Å². The molecular formula is C14H22N2O5. The van der Waals surface area contributed by atoms with Crippen molar-refractivity contribution >= 4 is 23.7 Å². The van der Waals surface area contributed by atoms with E-state index in [1.165, 1.54) is 0 Å². The molecule has 1 aliphatic heterocycles. The van der Waals surface area contributed by atoms with Crippen molar-refractivity contribution in [1.82, 2.24) is 10.4 Å². The maximum absolute atomic E-state index is 12.1. The quantitative estimate of drug-likeness (QED) is 0.706. The molecule has 1 fully saturated rings. The van der Waals surface area contributed by atoms with E-state index >= 15 is 0 Å². The molecule has 0 aromatic carbocycles. The number of hydroxylamine groups is 2. The Hall–Kier alpha value is -1.92. The maximum Gasteiger partial charge on any atom is 0.355 e. The average molecular weight is 298 g/mol. The van der Waals surface area contributed by atoms with E-state index in [2.05, 4.69) is 5.32 Å². The van der Waals surface area contributed by atoms with Gasteiger partial charge in [0.25, 0.3) is 11.8 Å². The summed E-state index contributed by atoms with van der Waals surface area (Å²) in [4.78, 5) is 51.4. The molecule has 118 valence electrons. The zero-order valence-corrected chi connectivity index (χ0v) is 12.7. The molecule has 0 aromatic heterocycles. The van der Waals surface area contributed by atoms with Crippen LogP contribution in [0.3, 0.4) is 0 Å². The second kappa shape index (κ2) is 7.75. The van der Waals surface area contributed by atoms with E-state index in [0.717, 1.165) is 0 Å². The first kappa shape index (κ1) is 17.1. The number of nitrogens with one attached hydrogen (secondary N) is 1. The zero-order valence-electron chi connectivity index (χ0n) is 12.7. The SMILES string of the molecule is CCCC(=O)N[C@@H](CC(C)C)C(=O)ON1C(=O)CCC1=O. The van der Waals surface area contributed by atoms with Gasteiger partial charge in [-0.25, -0.2) is 4.79 Å². The van der Waals surface area contributed by atoms with Gasteiger partial charge in [-0.2, -0.15) is 0 Å². The minimum Gasteiger partial charge on any atom is -0.343 e. The molecule has 21 heavy (non-hydrogen) atoms. The Morgan fingerprint density at radius 2 is 1.81 bits per heavy atom. The van der Waals surface area contributed by atoms with Crippen LogP contribution in [-0.4, -0.2) is 34.8 Å². The van der Waals surface area contributed by atoms with Crippen molar-refractivity contribution in [3.05, 3.63) is 0 Å². The molecule has 0 saturated carbocycles. The lowest BCUT2D eigenvalue weighted by atomic mass is 10.0. The van der Waals surface area contributed by atoms with Crippen LogP contribution in [0.1, 0.15) is 52.9 Å². The lowest BCUT2D eigenvalue weighted by Gasteiger charge is -2.21. The van der Waals surface area contributed by atoms with Crippen molar-refractivity contribution in [2.45, 2.75) is 58.9 Å². The van der Waals surface area contributed by atoms with Crippen LogP contribution < -0.4 is 5.32 Å². The normalized spacial score (nSPS) is 16.3. The first-order chi connectivity index (χ1) is 9.85. The fourth-order valence-corrected chi connectivity index (χ4v) is 1.99. The Balaban J connectivity index is 2.68. The van der Waals surface area contributed by atoms with Crippen LogP contribution >= 0.6 is 0 Å². The lowest BCUT2D eigenvalue weighted by molar-refractivity contribution is -0.199. The molecule has 0 bridgehead atoms. The van der Waals surface area contributed by atoms with Crippen LogP contribution in [0, 0.1) is 5.92 Å². The van der Waals surface area contributed by atoms with Gasteiger partial charge in [-0.3, -0.25) is 14.4 Å². The summed E-state index contributed by atoms with van der Waals surface area (Å²) >= 11 is 0. The highest BCUT2D eigenvalue weighted by atomic mass is 16.7. The molecule has 1 rings (SSSR count). The third kappa shape index (κ3) is 5.17. The van der Waals surface area contributed by atoms with Crippen molar-refractivity contribution in [3.63, 3.8) is 0 Å². The van der Waals surface area contributed by atoms with E-state index in [9.17, 15) is 19.2 Å². The molecule has 7 heteroatoms. The number of hydrogen-bond donors (Lipinski definition) is 1. The minimum atomic E-state index is -0.856. The molecule has 0 aliphatic carbocycles. The third-order valence-corrected chi connectivity index (χ3v) is 2.99. The van der Waals surface area contributed by atoms with Gasteiger partial charge >= 0.3 is 5.97 Å². The highest BCUT2D eigenvalue weighted by Gasteiger charge is 2.35. The van der Waals surface area contributed by atoms with Crippen molar-refractivity contribution in [1.29, 1.82) is 0 Å². The average Bonchev–Trinajstić information content (AvgIpc) is 2.69. The number of rotatable bonds is 7. The fourth-order valence-electron chi connectivity index (χ4n) is 1.99. The number of nitrogens with zero attached hydrogens (tertiary/aromatic N) is 1. The van der Waals surface area contributed by atoms with E-state index in [-0.39, 0.29) is 24.7 Å². The molecular weight excluding hydrogens is 276 g/mol. The van der Waals surface area contributed by atoms with Crippen LogP contribution in [0.2, 0.25) is 0 Å². The van der Waals surface area contributed by atoms with Crippen LogP contribution in [0.5, 0.6) is 0 Å². The largest absolute Gasteiger partial charge is 0.355 e. The predicted molar refractivity (Wildman–Crippen MR) is 73.5 cm³/mol.